The van der Waals surface area contributed by atoms with Crippen molar-refractivity contribution in [3.63, 3.8) is 0 Å². The second kappa shape index (κ2) is 2.63. The van der Waals surface area contributed by atoms with E-state index in [0.717, 1.165) is 5.37 Å². The maximum absolute atomic E-state index is 4.01. The van der Waals surface area contributed by atoms with Crippen LogP contribution in [0.15, 0.2) is 12.3 Å². The molecule has 0 unspecified atom stereocenters. The van der Waals surface area contributed by atoms with Gasteiger partial charge in [-0.3, -0.25) is 0 Å². The Hall–Kier alpha value is 0.160. The average molecular weight is 148 g/mol. The highest BCUT2D eigenvalue weighted by Crippen LogP contribution is 2.06. The lowest BCUT2D eigenvalue weighted by atomic mass is 10.6. The first-order valence-electron chi connectivity index (χ1n) is 2.03. The van der Waals surface area contributed by atoms with Crippen molar-refractivity contribution in [2.75, 3.05) is 0 Å². The van der Waals surface area contributed by atoms with E-state index in [4.69, 9.17) is 0 Å². The van der Waals surface area contributed by atoms with Gasteiger partial charge < -0.3 is 5.43 Å². The first-order valence-corrected chi connectivity index (χ1v) is 2.88. The van der Waals surface area contributed by atoms with Gasteiger partial charge in [0.25, 0.3) is 0 Å². The van der Waals surface area contributed by atoms with Crippen molar-refractivity contribution in [1.29, 1.82) is 0 Å². The maximum atomic E-state index is 4.01. The molecule has 1 aliphatic heterocycles. The summed E-state index contributed by atoms with van der Waals surface area (Å²) in [6.07, 6.45) is 3.52. The summed E-state index contributed by atoms with van der Waals surface area (Å²) in [6.45, 7) is 0. The Labute approximate surface area is 59.0 Å². The zero-order chi connectivity index (χ0) is 5.98. The molecule has 0 spiro atoms. The van der Waals surface area contributed by atoms with Gasteiger partial charge in [0, 0.05) is 6.20 Å². The monoisotopic (exact) mass is 148 g/mol. The predicted molar refractivity (Wildman–Crippen MR) is 38.5 cm³/mol. The van der Waals surface area contributed by atoms with E-state index in [1.54, 1.807) is 12.3 Å². The van der Waals surface area contributed by atoms with E-state index in [-0.39, 0.29) is 0 Å². The van der Waals surface area contributed by atoms with Gasteiger partial charge in [0.05, 0.1) is 0 Å². The first kappa shape index (κ1) is 6.28. The van der Waals surface area contributed by atoms with Crippen LogP contribution in [0.5, 0.6) is 0 Å². The molecule has 1 rings (SSSR count). The average Bonchev–Trinajstić information content (AvgIpc) is 1.64. The topological polar surface area (TPSA) is 27.3 Å². The second-order valence-corrected chi connectivity index (χ2v) is 2.15. The van der Waals surface area contributed by atoms with Crippen LogP contribution in [0.25, 0.3) is 0 Å². The Morgan fingerprint density at radius 2 is 2.38 bits per heavy atom. The van der Waals surface area contributed by atoms with E-state index >= 15 is 0 Å². The highest BCUT2D eigenvalue weighted by atomic mass is 32.1. The van der Waals surface area contributed by atoms with Crippen molar-refractivity contribution in [3.05, 3.63) is 17.6 Å². The van der Waals surface area contributed by atoms with Crippen molar-refractivity contribution >= 4 is 25.4 Å². The number of hydrogen-bond donors (Lipinski definition) is 4. The Morgan fingerprint density at radius 3 is 2.75 bits per heavy atom. The third-order valence-electron chi connectivity index (χ3n) is 0.658. The number of nitrogens with one attached hydrogen (secondary N) is 2. The SMILES string of the molecule is S[C]1C=CNN(S)N1. The molecular weight excluding hydrogens is 142 g/mol. The molecule has 0 aliphatic carbocycles. The minimum atomic E-state index is 0.763. The lowest BCUT2D eigenvalue weighted by Crippen LogP contribution is -2.41. The molecule has 45 valence electrons. The summed E-state index contributed by atoms with van der Waals surface area (Å²) in [4.78, 5) is 0. The fourth-order valence-electron chi connectivity index (χ4n) is 0.365. The van der Waals surface area contributed by atoms with Crippen LogP contribution in [-0.4, -0.2) is 4.52 Å². The summed E-state index contributed by atoms with van der Waals surface area (Å²) in [5.74, 6) is 0. The molecule has 5 heteroatoms. The van der Waals surface area contributed by atoms with Crippen LogP contribution >= 0.6 is 25.4 Å². The van der Waals surface area contributed by atoms with Gasteiger partial charge >= 0.3 is 0 Å². The number of nitrogens with zero attached hydrogens (tertiary/aromatic N) is 1. The van der Waals surface area contributed by atoms with Crippen LogP contribution in [0.3, 0.4) is 0 Å². The van der Waals surface area contributed by atoms with Gasteiger partial charge in [-0.2, -0.15) is 0 Å². The summed E-state index contributed by atoms with van der Waals surface area (Å²) in [5, 5.41) is 0.763. The zero-order valence-corrected chi connectivity index (χ0v) is 5.79. The fraction of sp³-hybridized carbons (Fsp3) is 0. The summed E-state index contributed by atoms with van der Waals surface area (Å²) in [7, 11) is 0. The van der Waals surface area contributed by atoms with Crippen LogP contribution in [0.4, 0.5) is 0 Å². The molecule has 0 saturated carbocycles. The van der Waals surface area contributed by atoms with Gasteiger partial charge in [0.1, 0.15) is 5.37 Å². The Bertz CT molecular complexity index is 105. The van der Waals surface area contributed by atoms with Crippen molar-refractivity contribution in [2.24, 2.45) is 0 Å². The third-order valence-corrected chi connectivity index (χ3v) is 1.12. The van der Waals surface area contributed by atoms with Crippen LogP contribution in [0, 0.1) is 5.37 Å². The largest absolute Gasteiger partial charge is 0.303 e. The van der Waals surface area contributed by atoms with Crippen LogP contribution < -0.4 is 10.9 Å². The molecule has 1 heterocycles. The Morgan fingerprint density at radius 1 is 1.62 bits per heavy atom. The van der Waals surface area contributed by atoms with Gasteiger partial charge in [-0.1, -0.05) is 12.8 Å². The number of hydrazine groups is 2. The fourth-order valence-corrected chi connectivity index (χ4v) is 0.793. The molecule has 2 N–H and O–H groups in total. The van der Waals surface area contributed by atoms with Gasteiger partial charge in [-0.25, -0.2) is 5.43 Å². The van der Waals surface area contributed by atoms with Crippen molar-refractivity contribution in [2.45, 2.75) is 0 Å². The van der Waals surface area contributed by atoms with Crippen molar-refractivity contribution < 1.29 is 0 Å². The molecule has 0 fully saturated rings. The Kier molecular flexibility index (Phi) is 2.07. The van der Waals surface area contributed by atoms with Gasteiger partial charge in [0.15, 0.2) is 0 Å². The molecule has 1 aliphatic rings. The van der Waals surface area contributed by atoms with Crippen LogP contribution in [0.2, 0.25) is 0 Å². The standard InChI is InChI=1S/C3H6N3S2/c7-3-1-2-4-6(8)5-3/h1-2,4-5,7-8H. The highest BCUT2D eigenvalue weighted by molar-refractivity contribution is 7.83. The second-order valence-electron chi connectivity index (χ2n) is 1.27. The lowest BCUT2D eigenvalue weighted by Gasteiger charge is -2.21. The van der Waals surface area contributed by atoms with E-state index in [0.29, 0.717) is 0 Å². The maximum Gasteiger partial charge on any atom is 0.130 e. The van der Waals surface area contributed by atoms with Crippen molar-refractivity contribution in [3.8, 4) is 0 Å². The van der Waals surface area contributed by atoms with Crippen molar-refractivity contribution in [1.82, 2.24) is 15.4 Å². The number of hydrogen-bond acceptors (Lipinski definition) is 5. The molecule has 0 saturated heterocycles. The van der Waals surface area contributed by atoms with E-state index in [1.807, 2.05) is 0 Å². The van der Waals surface area contributed by atoms with E-state index in [9.17, 15) is 0 Å². The van der Waals surface area contributed by atoms with Crippen LogP contribution in [0.1, 0.15) is 0 Å². The summed E-state index contributed by atoms with van der Waals surface area (Å²) < 4.78 is 1.41. The highest BCUT2D eigenvalue weighted by Gasteiger charge is 2.05. The summed E-state index contributed by atoms with van der Waals surface area (Å²) >= 11 is 7.92. The number of rotatable bonds is 0. The third kappa shape index (κ3) is 1.59. The molecular formula is C3H6N3S2. The molecule has 0 amide bonds. The first-order chi connectivity index (χ1) is 3.79. The molecule has 0 aromatic rings. The smallest absolute Gasteiger partial charge is 0.130 e. The molecule has 0 aromatic heterocycles. The molecule has 3 nitrogen and oxygen atoms in total. The van der Waals surface area contributed by atoms with E-state index in [1.165, 1.54) is 4.52 Å². The summed E-state index contributed by atoms with van der Waals surface area (Å²) in [6, 6.07) is 0. The lowest BCUT2D eigenvalue weighted by molar-refractivity contribution is 0.323. The quantitative estimate of drug-likeness (QED) is 0.367. The van der Waals surface area contributed by atoms with Gasteiger partial charge in [-0.15, -0.1) is 17.2 Å². The normalized spacial score (nSPS) is 23.2. The van der Waals surface area contributed by atoms with Crippen LogP contribution in [-0.2, 0) is 0 Å². The molecule has 0 aromatic carbocycles. The zero-order valence-electron chi connectivity index (χ0n) is 4.00. The van der Waals surface area contributed by atoms with E-state index < -0.39 is 0 Å². The molecule has 0 bridgehead atoms. The van der Waals surface area contributed by atoms with Gasteiger partial charge in [0.2, 0.25) is 0 Å². The predicted octanol–water partition coefficient (Wildman–Crippen LogP) is 0.0890. The minimum absolute atomic E-state index is 0.763. The Balaban J connectivity index is 2.42. The minimum Gasteiger partial charge on any atom is -0.303 e. The number of thiol groups is 2. The molecule has 1 radical (unpaired) electrons. The molecule has 0 atom stereocenters. The van der Waals surface area contributed by atoms with E-state index in [2.05, 4.69) is 36.3 Å². The van der Waals surface area contributed by atoms with Gasteiger partial charge in [-0.05, 0) is 6.08 Å². The summed E-state index contributed by atoms with van der Waals surface area (Å²) in [5.41, 5.74) is 5.51. The molecule has 8 heavy (non-hydrogen) atoms.